The van der Waals surface area contributed by atoms with Crippen molar-refractivity contribution in [3.63, 3.8) is 0 Å². The van der Waals surface area contributed by atoms with Crippen LogP contribution in [0.1, 0.15) is 34.7 Å². The van der Waals surface area contributed by atoms with Crippen LogP contribution >= 0.6 is 11.6 Å². The second-order valence-corrected chi connectivity index (χ2v) is 8.03. The third-order valence-electron chi connectivity index (χ3n) is 5.48. The minimum atomic E-state index is -0.899. The van der Waals surface area contributed by atoms with Crippen LogP contribution in [-0.2, 0) is 19.3 Å². The van der Waals surface area contributed by atoms with Gasteiger partial charge in [-0.2, -0.15) is 0 Å². The molecule has 0 aliphatic carbocycles. The second kappa shape index (κ2) is 9.51. The highest BCUT2D eigenvalue weighted by molar-refractivity contribution is 6.30. The molecule has 0 saturated heterocycles. The lowest BCUT2D eigenvalue weighted by molar-refractivity contribution is 0.583. The highest BCUT2D eigenvalue weighted by atomic mass is 35.5. The molecule has 4 rings (SSSR count). The minimum absolute atomic E-state index is 0.0891. The molecule has 0 amide bonds. The van der Waals surface area contributed by atoms with E-state index in [4.69, 9.17) is 11.6 Å². The van der Waals surface area contributed by atoms with E-state index in [0.717, 1.165) is 42.3 Å². The Kier molecular flexibility index (Phi) is 6.53. The summed E-state index contributed by atoms with van der Waals surface area (Å²) in [4.78, 5) is 0. The maximum Gasteiger partial charge on any atom is 0.146 e. The standard InChI is InChI=1S/C28H20ClF3/c1-2-18-3-5-19(6-4-18)7-8-20-10-14-24-23(15-20)13-12-22(28(24)32)11-9-21-16-25(30)27(29)26(31)17-21/h3-6,10,12-17H,2,7-8H2,1H3. The second-order valence-electron chi connectivity index (χ2n) is 7.66. The Hall–Kier alpha value is -3.22. The molecule has 0 aliphatic rings. The quantitative estimate of drug-likeness (QED) is 0.222. The topological polar surface area (TPSA) is 0 Å². The van der Waals surface area contributed by atoms with E-state index in [9.17, 15) is 13.2 Å². The van der Waals surface area contributed by atoms with E-state index in [1.54, 1.807) is 12.1 Å². The normalized spacial score (nSPS) is 10.8. The van der Waals surface area contributed by atoms with Crippen molar-refractivity contribution >= 4 is 22.4 Å². The van der Waals surface area contributed by atoms with Crippen molar-refractivity contribution in [2.45, 2.75) is 26.2 Å². The number of halogens is 4. The first kappa shape index (κ1) is 22.0. The first-order valence-electron chi connectivity index (χ1n) is 10.4. The van der Waals surface area contributed by atoms with Gasteiger partial charge in [0, 0.05) is 10.9 Å². The van der Waals surface area contributed by atoms with E-state index in [-0.39, 0.29) is 11.1 Å². The molecule has 0 nitrogen and oxygen atoms in total. The summed E-state index contributed by atoms with van der Waals surface area (Å²) in [5, 5.41) is 0.665. The fourth-order valence-corrected chi connectivity index (χ4v) is 3.70. The molecule has 160 valence electrons. The first-order chi connectivity index (χ1) is 15.4. The largest absolute Gasteiger partial charge is 0.205 e. The molecular formula is C28H20ClF3. The van der Waals surface area contributed by atoms with Crippen molar-refractivity contribution in [2.24, 2.45) is 0 Å². The van der Waals surface area contributed by atoms with Gasteiger partial charge < -0.3 is 0 Å². The van der Waals surface area contributed by atoms with E-state index >= 15 is 0 Å². The summed E-state index contributed by atoms with van der Waals surface area (Å²) in [5.74, 6) is 3.02. The van der Waals surface area contributed by atoms with Crippen LogP contribution in [0.15, 0.2) is 66.7 Å². The third-order valence-corrected chi connectivity index (χ3v) is 5.84. The van der Waals surface area contributed by atoms with Gasteiger partial charge in [-0.3, -0.25) is 0 Å². The maximum absolute atomic E-state index is 15.0. The van der Waals surface area contributed by atoms with Gasteiger partial charge in [0.2, 0.25) is 0 Å². The number of aryl methyl sites for hydroxylation is 3. The average Bonchev–Trinajstić information content (AvgIpc) is 2.81. The molecule has 32 heavy (non-hydrogen) atoms. The van der Waals surface area contributed by atoms with Gasteiger partial charge in [-0.1, -0.05) is 78.9 Å². The predicted octanol–water partition coefficient (Wildman–Crippen LogP) is 7.66. The zero-order chi connectivity index (χ0) is 22.7. The summed E-state index contributed by atoms with van der Waals surface area (Å²) in [6, 6.07) is 19.7. The number of fused-ring (bicyclic) bond motifs is 1. The molecule has 4 aromatic carbocycles. The van der Waals surface area contributed by atoms with E-state index < -0.39 is 22.5 Å². The molecule has 4 aromatic rings. The summed E-state index contributed by atoms with van der Waals surface area (Å²) in [6.45, 7) is 2.14. The Morgan fingerprint density at radius 3 is 2.03 bits per heavy atom. The van der Waals surface area contributed by atoms with E-state index in [1.807, 2.05) is 18.2 Å². The molecule has 0 aliphatic heterocycles. The zero-order valence-corrected chi connectivity index (χ0v) is 18.2. The molecule has 0 aromatic heterocycles. The molecule has 0 fully saturated rings. The van der Waals surface area contributed by atoms with Crippen molar-refractivity contribution in [3.05, 3.63) is 117 Å². The van der Waals surface area contributed by atoms with Crippen LogP contribution in [0.2, 0.25) is 5.02 Å². The highest BCUT2D eigenvalue weighted by Crippen LogP contribution is 2.24. The highest BCUT2D eigenvalue weighted by Gasteiger charge is 2.09. The first-order valence-corrected chi connectivity index (χ1v) is 10.8. The summed E-state index contributed by atoms with van der Waals surface area (Å²) < 4.78 is 42.1. The zero-order valence-electron chi connectivity index (χ0n) is 17.5. The van der Waals surface area contributed by atoms with Crippen molar-refractivity contribution in [3.8, 4) is 11.8 Å². The van der Waals surface area contributed by atoms with Crippen LogP contribution in [0.4, 0.5) is 13.2 Å². The third kappa shape index (κ3) is 4.82. The lowest BCUT2D eigenvalue weighted by Crippen LogP contribution is -1.93. The van der Waals surface area contributed by atoms with Gasteiger partial charge in [0.15, 0.2) is 0 Å². The van der Waals surface area contributed by atoms with E-state index in [1.165, 1.54) is 11.1 Å². The van der Waals surface area contributed by atoms with Gasteiger partial charge in [-0.25, -0.2) is 13.2 Å². The Bertz CT molecular complexity index is 1320. The number of rotatable bonds is 4. The molecule has 0 radical (unpaired) electrons. The van der Waals surface area contributed by atoms with Gasteiger partial charge >= 0.3 is 0 Å². The molecule has 4 heteroatoms. The predicted molar refractivity (Wildman–Crippen MR) is 124 cm³/mol. The maximum atomic E-state index is 15.0. The minimum Gasteiger partial charge on any atom is -0.205 e. The van der Waals surface area contributed by atoms with Gasteiger partial charge in [-0.05, 0) is 59.5 Å². The summed E-state index contributed by atoms with van der Waals surface area (Å²) in [6.07, 6.45) is 2.80. The molecular weight excluding hydrogens is 429 g/mol. The Balaban J connectivity index is 1.55. The van der Waals surface area contributed by atoms with E-state index in [2.05, 4.69) is 43.0 Å². The van der Waals surface area contributed by atoms with Crippen LogP contribution in [0.25, 0.3) is 10.8 Å². The van der Waals surface area contributed by atoms with Crippen LogP contribution in [0, 0.1) is 29.3 Å². The summed E-state index contributed by atoms with van der Waals surface area (Å²) in [5.41, 5.74) is 3.97. The monoisotopic (exact) mass is 448 g/mol. The van der Waals surface area contributed by atoms with Crippen molar-refractivity contribution < 1.29 is 13.2 Å². The number of hydrogen-bond donors (Lipinski definition) is 0. The number of benzene rings is 4. The van der Waals surface area contributed by atoms with Gasteiger partial charge in [0.25, 0.3) is 0 Å². The molecule has 0 atom stereocenters. The molecule has 0 unspecified atom stereocenters. The number of hydrogen-bond acceptors (Lipinski definition) is 0. The van der Waals surface area contributed by atoms with Crippen LogP contribution < -0.4 is 0 Å². The smallest absolute Gasteiger partial charge is 0.146 e. The average molecular weight is 449 g/mol. The molecule has 0 heterocycles. The lowest BCUT2D eigenvalue weighted by atomic mass is 9.99. The fourth-order valence-electron chi connectivity index (χ4n) is 3.59. The van der Waals surface area contributed by atoms with Crippen LogP contribution in [-0.4, -0.2) is 0 Å². The Morgan fingerprint density at radius 2 is 1.34 bits per heavy atom. The molecule has 0 bridgehead atoms. The Labute approximate surface area is 190 Å². The Morgan fingerprint density at radius 1 is 0.719 bits per heavy atom. The summed E-state index contributed by atoms with van der Waals surface area (Å²) in [7, 11) is 0. The molecule has 0 spiro atoms. The molecule has 0 N–H and O–H groups in total. The summed E-state index contributed by atoms with van der Waals surface area (Å²) >= 11 is 5.48. The van der Waals surface area contributed by atoms with Gasteiger partial charge in [0.05, 0.1) is 5.56 Å². The SMILES string of the molecule is CCc1ccc(CCc2ccc3c(F)c(C#Cc4cc(F)c(Cl)c(F)c4)ccc3c2)cc1. The molecule has 0 saturated carbocycles. The van der Waals surface area contributed by atoms with Crippen molar-refractivity contribution in [1.29, 1.82) is 0 Å². The van der Waals surface area contributed by atoms with Crippen molar-refractivity contribution in [1.82, 2.24) is 0 Å². The van der Waals surface area contributed by atoms with Crippen LogP contribution in [0.3, 0.4) is 0 Å². The van der Waals surface area contributed by atoms with Crippen molar-refractivity contribution in [2.75, 3.05) is 0 Å². The lowest BCUT2D eigenvalue weighted by Gasteiger charge is -2.07. The van der Waals surface area contributed by atoms with E-state index in [0.29, 0.717) is 5.39 Å². The van der Waals surface area contributed by atoms with Crippen LogP contribution in [0.5, 0.6) is 0 Å². The fraction of sp³-hybridized carbons (Fsp3) is 0.143. The van der Waals surface area contributed by atoms with Gasteiger partial charge in [0.1, 0.15) is 22.5 Å². The van der Waals surface area contributed by atoms with Gasteiger partial charge in [-0.15, -0.1) is 0 Å².